The molecule has 1 aliphatic rings. The Hall–Kier alpha value is -1.93. The van der Waals surface area contributed by atoms with Gasteiger partial charge in [0.1, 0.15) is 29.7 Å². The lowest BCUT2D eigenvalue weighted by Crippen LogP contribution is -2.52. The van der Waals surface area contributed by atoms with Crippen LogP contribution in [0.25, 0.3) is 0 Å². The molecule has 6 nitrogen and oxygen atoms in total. The summed E-state index contributed by atoms with van der Waals surface area (Å²) in [7, 11) is 3.18. The third-order valence-electron chi connectivity index (χ3n) is 5.17. The van der Waals surface area contributed by atoms with Gasteiger partial charge in [-0.3, -0.25) is 9.80 Å². The largest absolute Gasteiger partial charge is 0.497 e. The summed E-state index contributed by atoms with van der Waals surface area (Å²) in [5, 5.41) is 9.50. The molecule has 0 saturated carbocycles. The van der Waals surface area contributed by atoms with Crippen LogP contribution in [0.15, 0.2) is 34.7 Å². The smallest absolute Gasteiger partial charge is 0.131 e. The molecule has 2 heterocycles. The summed E-state index contributed by atoms with van der Waals surface area (Å²) in [5.74, 6) is 1.98. The van der Waals surface area contributed by atoms with Crippen molar-refractivity contribution in [2.24, 2.45) is 0 Å². The fourth-order valence-corrected chi connectivity index (χ4v) is 3.68. The minimum Gasteiger partial charge on any atom is -0.497 e. The highest BCUT2D eigenvalue weighted by Gasteiger charge is 2.27. The van der Waals surface area contributed by atoms with Crippen molar-refractivity contribution in [3.63, 3.8) is 0 Å². The van der Waals surface area contributed by atoms with Crippen LogP contribution >= 0.6 is 0 Å². The highest BCUT2D eigenvalue weighted by atomic mass is 19.1. The molecule has 7 heteroatoms. The number of furan rings is 1. The van der Waals surface area contributed by atoms with Gasteiger partial charge in [0.15, 0.2) is 0 Å². The van der Waals surface area contributed by atoms with E-state index in [0.717, 1.165) is 37.7 Å². The molecule has 0 unspecified atom stereocenters. The molecule has 154 valence electrons. The summed E-state index contributed by atoms with van der Waals surface area (Å²) in [5.41, 5.74) is 0.646. The Morgan fingerprint density at radius 3 is 2.68 bits per heavy atom. The van der Waals surface area contributed by atoms with Crippen LogP contribution in [-0.4, -0.2) is 61.4 Å². The van der Waals surface area contributed by atoms with Crippen LogP contribution < -0.4 is 4.74 Å². The van der Waals surface area contributed by atoms with E-state index in [1.807, 2.05) is 12.1 Å². The van der Waals surface area contributed by atoms with E-state index in [4.69, 9.17) is 13.9 Å². The van der Waals surface area contributed by atoms with Crippen molar-refractivity contribution in [3.05, 3.63) is 53.2 Å². The van der Waals surface area contributed by atoms with Crippen molar-refractivity contribution < 1.29 is 23.4 Å². The molecule has 0 bridgehead atoms. The summed E-state index contributed by atoms with van der Waals surface area (Å²) < 4.78 is 30.3. The number of benzene rings is 1. The van der Waals surface area contributed by atoms with Crippen LogP contribution in [0.2, 0.25) is 0 Å². The van der Waals surface area contributed by atoms with E-state index in [2.05, 4.69) is 9.80 Å². The van der Waals surface area contributed by atoms with E-state index in [1.54, 1.807) is 19.2 Å². The topological polar surface area (TPSA) is 58.3 Å². The van der Waals surface area contributed by atoms with Crippen molar-refractivity contribution in [3.8, 4) is 5.75 Å². The molecule has 1 fully saturated rings. The zero-order valence-corrected chi connectivity index (χ0v) is 16.6. The summed E-state index contributed by atoms with van der Waals surface area (Å²) in [4.78, 5) is 4.56. The Morgan fingerprint density at radius 1 is 1.14 bits per heavy atom. The minimum atomic E-state index is -0.259. The van der Waals surface area contributed by atoms with Crippen LogP contribution in [-0.2, 0) is 24.4 Å². The molecular weight excluding hydrogens is 363 g/mol. The van der Waals surface area contributed by atoms with Crippen molar-refractivity contribution in [1.29, 1.82) is 0 Å². The van der Waals surface area contributed by atoms with Crippen molar-refractivity contribution in [2.75, 3.05) is 40.5 Å². The summed E-state index contributed by atoms with van der Waals surface area (Å²) in [6, 6.07) is 9.05. The molecule has 0 radical (unpaired) electrons. The number of aliphatic hydroxyl groups excluding tert-OH is 1. The van der Waals surface area contributed by atoms with Gasteiger partial charge in [-0.15, -0.1) is 0 Å². The van der Waals surface area contributed by atoms with Gasteiger partial charge in [0, 0.05) is 57.6 Å². The second-order valence-corrected chi connectivity index (χ2v) is 7.13. The molecule has 2 aromatic rings. The highest BCUT2D eigenvalue weighted by Crippen LogP contribution is 2.22. The molecule has 0 spiro atoms. The molecule has 1 saturated heterocycles. The van der Waals surface area contributed by atoms with E-state index in [-0.39, 0.29) is 18.5 Å². The van der Waals surface area contributed by atoms with Crippen molar-refractivity contribution in [2.45, 2.75) is 32.2 Å². The first-order chi connectivity index (χ1) is 13.6. The molecule has 3 rings (SSSR count). The Kier molecular flexibility index (Phi) is 7.44. The first-order valence-corrected chi connectivity index (χ1v) is 9.59. The normalized spacial score (nSPS) is 18.5. The van der Waals surface area contributed by atoms with Crippen LogP contribution in [0.5, 0.6) is 5.75 Å². The van der Waals surface area contributed by atoms with E-state index in [0.29, 0.717) is 30.9 Å². The van der Waals surface area contributed by atoms with Gasteiger partial charge in [0.05, 0.1) is 13.7 Å². The number of halogens is 1. The zero-order valence-electron chi connectivity index (χ0n) is 16.6. The van der Waals surface area contributed by atoms with Crippen LogP contribution in [0.3, 0.4) is 0 Å². The molecule has 1 aromatic carbocycles. The summed E-state index contributed by atoms with van der Waals surface area (Å²) >= 11 is 0. The Labute approximate surface area is 165 Å². The predicted molar refractivity (Wildman–Crippen MR) is 104 cm³/mol. The summed E-state index contributed by atoms with van der Waals surface area (Å²) in [6.45, 7) is 4.29. The maximum atomic E-state index is 14.3. The Bertz CT molecular complexity index is 752. The van der Waals surface area contributed by atoms with E-state index < -0.39 is 0 Å². The lowest BCUT2D eigenvalue weighted by Gasteiger charge is -2.41. The number of rotatable bonds is 9. The number of hydrogen-bond acceptors (Lipinski definition) is 6. The quantitative estimate of drug-likeness (QED) is 0.708. The van der Waals surface area contributed by atoms with Crippen molar-refractivity contribution in [1.82, 2.24) is 9.80 Å². The second kappa shape index (κ2) is 10.0. The number of piperazine rings is 1. The van der Waals surface area contributed by atoms with Crippen molar-refractivity contribution >= 4 is 0 Å². The van der Waals surface area contributed by atoms with Crippen LogP contribution in [0.4, 0.5) is 4.39 Å². The standard InChI is InChI=1S/C21H29FN2O4/c1-26-15-20-6-5-19(28-20)14-23-8-9-24(17(13-23)7-10-25)12-16-3-4-18(27-2)11-21(16)22/h3-6,11,17,25H,7-10,12-15H2,1-2H3/t17-/m0/s1. The Balaban J connectivity index is 1.61. The maximum Gasteiger partial charge on any atom is 0.131 e. The van der Waals surface area contributed by atoms with Gasteiger partial charge < -0.3 is 19.0 Å². The van der Waals surface area contributed by atoms with Gasteiger partial charge in [0.25, 0.3) is 0 Å². The SMILES string of the molecule is COCc1ccc(CN2CCN(Cc3ccc(OC)cc3F)[C@@H](CCO)C2)o1. The monoisotopic (exact) mass is 392 g/mol. The highest BCUT2D eigenvalue weighted by molar-refractivity contribution is 5.29. The fourth-order valence-electron chi connectivity index (χ4n) is 3.68. The lowest BCUT2D eigenvalue weighted by atomic mass is 10.1. The predicted octanol–water partition coefficient (Wildman–Crippen LogP) is 2.64. The maximum absolute atomic E-state index is 14.3. The average Bonchev–Trinajstić information content (AvgIpc) is 3.12. The second-order valence-electron chi connectivity index (χ2n) is 7.13. The molecule has 0 amide bonds. The molecule has 0 aliphatic carbocycles. The molecule has 1 aliphatic heterocycles. The average molecular weight is 392 g/mol. The van der Waals surface area contributed by atoms with Crippen LogP contribution in [0, 0.1) is 5.82 Å². The third kappa shape index (κ3) is 5.32. The van der Waals surface area contributed by atoms with E-state index in [1.165, 1.54) is 13.2 Å². The van der Waals surface area contributed by atoms with Crippen LogP contribution in [0.1, 0.15) is 23.5 Å². The minimum absolute atomic E-state index is 0.110. The zero-order chi connectivity index (χ0) is 19.9. The van der Waals surface area contributed by atoms with E-state index >= 15 is 0 Å². The fraction of sp³-hybridized carbons (Fsp3) is 0.524. The number of nitrogens with zero attached hydrogens (tertiary/aromatic N) is 2. The molecule has 28 heavy (non-hydrogen) atoms. The first kappa shape index (κ1) is 20.8. The van der Waals surface area contributed by atoms with Gasteiger partial charge in [-0.2, -0.15) is 0 Å². The molecule has 1 aromatic heterocycles. The van der Waals surface area contributed by atoms with Gasteiger partial charge >= 0.3 is 0 Å². The number of hydrogen-bond donors (Lipinski definition) is 1. The Morgan fingerprint density at radius 2 is 1.96 bits per heavy atom. The van der Waals surface area contributed by atoms with Gasteiger partial charge in [-0.1, -0.05) is 6.07 Å². The van der Waals surface area contributed by atoms with Gasteiger partial charge in [-0.25, -0.2) is 4.39 Å². The van der Waals surface area contributed by atoms with Gasteiger partial charge in [0.2, 0.25) is 0 Å². The first-order valence-electron chi connectivity index (χ1n) is 9.59. The number of ether oxygens (including phenoxy) is 2. The molecular formula is C21H29FN2O4. The number of methoxy groups -OCH3 is 2. The lowest BCUT2D eigenvalue weighted by molar-refractivity contribution is 0.0456. The van der Waals surface area contributed by atoms with E-state index in [9.17, 15) is 9.50 Å². The summed E-state index contributed by atoms with van der Waals surface area (Å²) in [6.07, 6.45) is 0.654. The molecule has 1 atom stereocenters. The van der Waals surface area contributed by atoms with Gasteiger partial charge in [-0.05, 0) is 24.6 Å². The number of aliphatic hydroxyl groups is 1. The third-order valence-corrected chi connectivity index (χ3v) is 5.17. The molecule has 1 N–H and O–H groups in total.